The van der Waals surface area contributed by atoms with Crippen LogP contribution < -0.4 is 0 Å². The Balaban J connectivity index is 2.36. The molecule has 1 aliphatic rings. The lowest BCUT2D eigenvalue weighted by molar-refractivity contribution is -0.169. The van der Waals surface area contributed by atoms with Crippen LogP contribution >= 0.6 is 0 Å². The van der Waals surface area contributed by atoms with E-state index in [0.29, 0.717) is 0 Å². The first-order valence-electron chi connectivity index (χ1n) is 4.61. The van der Waals surface area contributed by atoms with Crippen LogP contribution in [0.1, 0.15) is 12.0 Å². The predicted octanol–water partition coefficient (Wildman–Crippen LogP) is 2.24. The third-order valence-corrected chi connectivity index (χ3v) is 2.42. The van der Waals surface area contributed by atoms with Crippen LogP contribution in [0.15, 0.2) is 0 Å². The smallest absolute Gasteiger partial charge is 0.309 e. The normalized spacial score (nSPS) is 18.9. The first-order chi connectivity index (χ1) is 7.91. The summed E-state index contributed by atoms with van der Waals surface area (Å²) in [5.41, 5.74) is -0.959. The first-order valence-corrected chi connectivity index (χ1v) is 4.61. The Kier molecular flexibility index (Phi) is 2.76. The summed E-state index contributed by atoms with van der Waals surface area (Å²) < 4.78 is 69.0. The predicted molar refractivity (Wildman–Crippen MR) is 44.4 cm³/mol. The highest BCUT2D eigenvalue weighted by atomic mass is 19.2. The van der Waals surface area contributed by atoms with Crippen molar-refractivity contribution in [1.82, 2.24) is 0 Å². The van der Waals surface area contributed by atoms with E-state index in [1.807, 2.05) is 0 Å². The topological polar surface area (TPSA) is 26.3 Å². The van der Waals surface area contributed by atoms with Gasteiger partial charge in [0.1, 0.15) is 6.10 Å². The maximum atomic E-state index is 13.2. The molecule has 1 fully saturated rings. The van der Waals surface area contributed by atoms with Crippen LogP contribution in [0.3, 0.4) is 0 Å². The van der Waals surface area contributed by atoms with Crippen molar-refractivity contribution in [1.29, 1.82) is 0 Å². The Labute approximate surface area is 92.0 Å². The van der Waals surface area contributed by atoms with Gasteiger partial charge in [0, 0.05) is 12.0 Å². The van der Waals surface area contributed by atoms with Crippen LogP contribution in [-0.2, 0) is 16.0 Å². The monoisotopic (exact) mass is 252 g/mol. The van der Waals surface area contributed by atoms with Crippen molar-refractivity contribution in [3.63, 3.8) is 0 Å². The standard InChI is InChI=1S/C10H5F5O2/c11-6-4(1-3-2-5(16)17-3)7(12)9(14)10(15)8(6)13/h3H,1-2H2. The summed E-state index contributed by atoms with van der Waals surface area (Å²) in [5, 5.41) is 0. The molecular formula is C10H5F5O2. The summed E-state index contributed by atoms with van der Waals surface area (Å²) in [6.45, 7) is 0. The third-order valence-electron chi connectivity index (χ3n) is 2.42. The number of esters is 1. The minimum Gasteiger partial charge on any atom is -0.461 e. The van der Waals surface area contributed by atoms with Gasteiger partial charge >= 0.3 is 5.97 Å². The van der Waals surface area contributed by atoms with E-state index in [-0.39, 0.29) is 6.42 Å². The zero-order chi connectivity index (χ0) is 12.7. The Morgan fingerprint density at radius 1 is 0.941 bits per heavy atom. The average Bonchev–Trinajstić information content (AvgIpc) is 2.27. The van der Waals surface area contributed by atoms with E-state index in [4.69, 9.17) is 0 Å². The lowest BCUT2D eigenvalue weighted by atomic mass is 10.0. The number of cyclic esters (lactones) is 1. The van der Waals surface area contributed by atoms with Gasteiger partial charge in [0.15, 0.2) is 23.3 Å². The number of carbonyl (C=O) groups excluding carboxylic acids is 1. The molecule has 1 aliphatic heterocycles. The van der Waals surface area contributed by atoms with Crippen molar-refractivity contribution < 1.29 is 31.5 Å². The van der Waals surface area contributed by atoms with Crippen molar-refractivity contribution in [2.75, 3.05) is 0 Å². The molecule has 0 bridgehead atoms. The third kappa shape index (κ3) is 1.85. The molecule has 0 aliphatic carbocycles. The van der Waals surface area contributed by atoms with Crippen LogP contribution in [0, 0.1) is 29.1 Å². The quantitative estimate of drug-likeness (QED) is 0.349. The molecule has 0 spiro atoms. The number of rotatable bonds is 2. The van der Waals surface area contributed by atoms with Gasteiger partial charge in [0.05, 0.1) is 6.42 Å². The molecule has 1 heterocycles. The summed E-state index contributed by atoms with van der Waals surface area (Å²) >= 11 is 0. The molecule has 0 saturated carbocycles. The summed E-state index contributed by atoms with van der Waals surface area (Å²) in [6, 6.07) is 0. The number of hydrogen-bond acceptors (Lipinski definition) is 2. The minimum atomic E-state index is -2.20. The number of carbonyl (C=O) groups is 1. The molecule has 1 atom stereocenters. The second kappa shape index (κ2) is 3.97. The maximum absolute atomic E-state index is 13.2. The summed E-state index contributed by atoms with van der Waals surface area (Å²) in [5.74, 6) is -10.5. The van der Waals surface area contributed by atoms with E-state index in [0.717, 1.165) is 0 Å². The van der Waals surface area contributed by atoms with Gasteiger partial charge < -0.3 is 4.74 Å². The molecule has 1 aromatic rings. The van der Waals surface area contributed by atoms with Gasteiger partial charge in [0.25, 0.3) is 0 Å². The second-order valence-electron chi connectivity index (χ2n) is 3.57. The summed E-state index contributed by atoms with van der Waals surface area (Å²) in [6.07, 6.45) is -1.47. The van der Waals surface area contributed by atoms with Crippen LogP contribution in [0.5, 0.6) is 0 Å². The Morgan fingerprint density at radius 3 is 1.76 bits per heavy atom. The molecule has 1 aromatic carbocycles. The minimum absolute atomic E-state index is 0.0977. The van der Waals surface area contributed by atoms with Crippen molar-refractivity contribution in [2.24, 2.45) is 0 Å². The van der Waals surface area contributed by atoms with Crippen LogP contribution in [-0.4, -0.2) is 12.1 Å². The number of halogens is 5. The molecule has 7 heteroatoms. The number of benzene rings is 1. The lowest BCUT2D eigenvalue weighted by Gasteiger charge is -2.25. The number of hydrogen-bond donors (Lipinski definition) is 0. The molecule has 1 saturated heterocycles. The molecular weight excluding hydrogens is 247 g/mol. The van der Waals surface area contributed by atoms with Gasteiger partial charge in [-0.2, -0.15) is 0 Å². The van der Waals surface area contributed by atoms with Gasteiger partial charge in [-0.1, -0.05) is 0 Å². The van der Waals surface area contributed by atoms with E-state index < -0.39 is 53.1 Å². The molecule has 92 valence electrons. The zero-order valence-corrected chi connectivity index (χ0v) is 8.20. The van der Waals surface area contributed by atoms with E-state index in [1.54, 1.807) is 0 Å². The van der Waals surface area contributed by atoms with Gasteiger partial charge in [-0.3, -0.25) is 4.79 Å². The molecule has 17 heavy (non-hydrogen) atoms. The fourth-order valence-electron chi connectivity index (χ4n) is 1.53. The van der Waals surface area contributed by atoms with E-state index >= 15 is 0 Å². The fourth-order valence-corrected chi connectivity index (χ4v) is 1.53. The van der Waals surface area contributed by atoms with Crippen molar-refractivity contribution in [2.45, 2.75) is 18.9 Å². The SMILES string of the molecule is O=C1CC(Cc2c(F)c(F)c(F)c(F)c2F)O1. The number of ether oxygens (including phenoxy) is 1. The maximum Gasteiger partial charge on any atom is 0.309 e. The van der Waals surface area contributed by atoms with Gasteiger partial charge in [-0.25, -0.2) is 22.0 Å². The summed E-state index contributed by atoms with van der Waals surface area (Å²) in [7, 11) is 0. The first kappa shape index (κ1) is 11.8. The van der Waals surface area contributed by atoms with E-state index in [9.17, 15) is 26.7 Å². The van der Waals surface area contributed by atoms with Crippen molar-refractivity contribution >= 4 is 5.97 Å². The highest BCUT2D eigenvalue weighted by Crippen LogP contribution is 2.27. The van der Waals surface area contributed by atoms with Gasteiger partial charge in [0.2, 0.25) is 5.82 Å². The molecule has 1 unspecified atom stereocenters. The Hall–Kier alpha value is -1.66. The zero-order valence-electron chi connectivity index (χ0n) is 8.20. The lowest BCUT2D eigenvalue weighted by Crippen LogP contribution is -2.35. The van der Waals surface area contributed by atoms with Crippen LogP contribution in [0.4, 0.5) is 22.0 Å². The van der Waals surface area contributed by atoms with Crippen molar-refractivity contribution in [3.8, 4) is 0 Å². The molecule has 0 aromatic heterocycles. The average molecular weight is 252 g/mol. The van der Waals surface area contributed by atoms with E-state index in [2.05, 4.69) is 4.74 Å². The molecule has 0 radical (unpaired) electrons. The van der Waals surface area contributed by atoms with Crippen LogP contribution in [0.2, 0.25) is 0 Å². The highest BCUT2D eigenvalue weighted by Gasteiger charge is 2.33. The summed E-state index contributed by atoms with van der Waals surface area (Å²) in [4.78, 5) is 10.4. The van der Waals surface area contributed by atoms with Crippen LogP contribution in [0.25, 0.3) is 0 Å². The Bertz CT molecular complexity index is 463. The van der Waals surface area contributed by atoms with E-state index in [1.165, 1.54) is 0 Å². The molecule has 2 nitrogen and oxygen atoms in total. The molecule has 0 N–H and O–H groups in total. The molecule has 2 rings (SSSR count). The highest BCUT2D eigenvalue weighted by molar-refractivity contribution is 5.75. The fraction of sp³-hybridized carbons (Fsp3) is 0.300. The molecule has 0 amide bonds. The van der Waals surface area contributed by atoms with Crippen molar-refractivity contribution in [3.05, 3.63) is 34.6 Å². The van der Waals surface area contributed by atoms with Gasteiger partial charge in [-0.15, -0.1) is 0 Å². The van der Waals surface area contributed by atoms with Gasteiger partial charge in [-0.05, 0) is 0 Å². The Morgan fingerprint density at radius 2 is 1.35 bits per heavy atom. The largest absolute Gasteiger partial charge is 0.461 e. The second-order valence-corrected chi connectivity index (χ2v) is 3.57.